The van der Waals surface area contributed by atoms with Crippen LogP contribution in [0.3, 0.4) is 0 Å². The standard InChI is InChI=1S/C19H22N2O4/c22-18(20-10-14-24-16-5-2-1-3-6-16)15-8-11-21(12-9-15)19(23)17-7-4-13-25-17/h1-7,13,15H,8-12,14H2,(H,20,22). The molecule has 1 aliphatic heterocycles. The molecule has 0 bridgehead atoms. The normalized spacial score (nSPS) is 15.0. The molecule has 1 saturated heterocycles. The molecule has 6 heteroatoms. The number of nitrogens with zero attached hydrogens (tertiary/aromatic N) is 1. The quantitative estimate of drug-likeness (QED) is 0.818. The van der Waals surface area contributed by atoms with Gasteiger partial charge in [-0.25, -0.2) is 0 Å². The van der Waals surface area contributed by atoms with Crippen LogP contribution in [0.5, 0.6) is 5.75 Å². The van der Waals surface area contributed by atoms with Crippen LogP contribution in [0.1, 0.15) is 23.4 Å². The fourth-order valence-electron chi connectivity index (χ4n) is 2.91. The van der Waals surface area contributed by atoms with Gasteiger partial charge in [0.15, 0.2) is 5.76 Å². The van der Waals surface area contributed by atoms with Gasteiger partial charge in [-0.2, -0.15) is 0 Å². The Morgan fingerprint density at radius 2 is 1.88 bits per heavy atom. The molecule has 0 radical (unpaired) electrons. The van der Waals surface area contributed by atoms with Crippen LogP contribution in [0.4, 0.5) is 0 Å². The van der Waals surface area contributed by atoms with E-state index in [1.165, 1.54) is 6.26 Å². The Balaban J connectivity index is 1.36. The molecular weight excluding hydrogens is 320 g/mol. The Bertz CT molecular complexity index is 677. The lowest BCUT2D eigenvalue weighted by atomic mass is 9.96. The maximum atomic E-state index is 12.2. The van der Waals surface area contributed by atoms with E-state index in [1.807, 2.05) is 30.3 Å². The fraction of sp³-hybridized carbons (Fsp3) is 0.368. The summed E-state index contributed by atoms with van der Waals surface area (Å²) in [5, 5.41) is 2.91. The molecule has 0 saturated carbocycles. The second kappa shape index (κ2) is 8.37. The second-order valence-electron chi connectivity index (χ2n) is 6.00. The van der Waals surface area contributed by atoms with Crippen LogP contribution in [-0.4, -0.2) is 43.0 Å². The number of nitrogens with one attached hydrogen (secondary N) is 1. The number of likely N-dealkylation sites (tertiary alicyclic amines) is 1. The van der Waals surface area contributed by atoms with E-state index in [9.17, 15) is 9.59 Å². The Kier molecular flexibility index (Phi) is 5.72. The number of amides is 2. The third kappa shape index (κ3) is 4.62. The second-order valence-corrected chi connectivity index (χ2v) is 6.00. The highest BCUT2D eigenvalue weighted by molar-refractivity contribution is 5.91. The summed E-state index contributed by atoms with van der Waals surface area (Å²) in [7, 11) is 0. The van der Waals surface area contributed by atoms with E-state index in [2.05, 4.69) is 5.32 Å². The van der Waals surface area contributed by atoms with Gasteiger partial charge in [-0.3, -0.25) is 9.59 Å². The van der Waals surface area contributed by atoms with Crippen LogP contribution in [0, 0.1) is 5.92 Å². The van der Waals surface area contributed by atoms with Crippen molar-refractivity contribution in [1.82, 2.24) is 10.2 Å². The molecule has 0 aliphatic carbocycles. The van der Waals surface area contributed by atoms with Crippen molar-refractivity contribution in [3.8, 4) is 5.75 Å². The number of hydrogen-bond acceptors (Lipinski definition) is 4. The number of benzene rings is 1. The van der Waals surface area contributed by atoms with Crippen molar-refractivity contribution in [3.63, 3.8) is 0 Å². The summed E-state index contributed by atoms with van der Waals surface area (Å²) >= 11 is 0. The van der Waals surface area contributed by atoms with Gasteiger partial charge in [0.1, 0.15) is 12.4 Å². The van der Waals surface area contributed by atoms with Gasteiger partial charge in [-0.05, 0) is 37.1 Å². The van der Waals surface area contributed by atoms with E-state index in [-0.39, 0.29) is 17.7 Å². The molecule has 2 heterocycles. The molecule has 0 spiro atoms. The van der Waals surface area contributed by atoms with E-state index in [4.69, 9.17) is 9.15 Å². The molecule has 0 atom stereocenters. The lowest BCUT2D eigenvalue weighted by Crippen LogP contribution is -2.43. The van der Waals surface area contributed by atoms with Crippen molar-refractivity contribution in [3.05, 3.63) is 54.5 Å². The highest BCUT2D eigenvalue weighted by Crippen LogP contribution is 2.19. The average Bonchev–Trinajstić information content (AvgIpc) is 3.20. The van der Waals surface area contributed by atoms with E-state index >= 15 is 0 Å². The Morgan fingerprint density at radius 3 is 2.56 bits per heavy atom. The molecule has 1 fully saturated rings. The summed E-state index contributed by atoms with van der Waals surface area (Å²) in [5.41, 5.74) is 0. The van der Waals surface area contributed by atoms with Crippen molar-refractivity contribution in [1.29, 1.82) is 0 Å². The van der Waals surface area contributed by atoms with Crippen molar-refractivity contribution < 1.29 is 18.7 Å². The maximum absolute atomic E-state index is 12.2. The summed E-state index contributed by atoms with van der Waals surface area (Å²) in [6.07, 6.45) is 2.82. The summed E-state index contributed by atoms with van der Waals surface area (Å²) in [6, 6.07) is 12.9. The summed E-state index contributed by atoms with van der Waals surface area (Å²) < 4.78 is 10.7. The smallest absolute Gasteiger partial charge is 0.289 e. The summed E-state index contributed by atoms with van der Waals surface area (Å²) in [6.45, 7) is 2.04. The minimum atomic E-state index is -0.111. The number of ether oxygens (including phenoxy) is 1. The van der Waals surface area contributed by atoms with Crippen molar-refractivity contribution in [2.45, 2.75) is 12.8 Å². The van der Waals surface area contributed by atoms with Crippen LogP contribution in [0.2, 0.25) is 0 Å². The number of piperidine rings is 1. The minimum Gasteiger partial charge on any atom is -0.492 e. The van der Waals surface area contributed by atoms with Crippen LogP contribution in [0.15, 0.2) is 53.1 Å². The molecule has 1 aromatic heterocycles. The predicted octanol–water partition coefficient (Wildman–Crippen LogP) is 2.33. The zero-order chi connectivity index (χ0) is 17.5. The first-order valence-electron chi connectivity index (χ1n) is 8.52. The molecule has 1 aromatic carbocycles. The molecule has 1 N–H and O–H groups in total. The number of carbonyl (C=O) groups is 2. The van der Waals surface area contributed by atoms with Gasteiger partial charge in [0, 0.05) is 19.0 Å². The minimum absolute atomic E-state index is 0.0294. The Morgan fingerprint density at radius 1 is 1.12 bits per heavy atom. The highest BCUT2D eigenvalue weighted by atomic mass is 16.5. The average molecular weight is 342 g/mol. The van der Waals surface area contributed by atoms with E-state index in [1.54, 1.807) is 17.0 Å². The maximum Gasteiger partial charge on any atom is 0.289 e. The number of hydrogen-bond donors (Lipinski definition) is 1. The van der Waals surface area contributed by atoms with Crippen molar-refractivity contribution in [2.24, 2.45) is 5.92 Å². The number of para-hydroxylation sites is 1. The monoisotopic (exact) mass is 342 g/mol. The predicted molar refractivity (Wildman–Crippen MR) is 92.3 cm³/mol. The molecular formula is C19H22N2O4. The molecule has 1 aliphatic rings. The first kappa shape index (κ1) is 17.1. The van der Waals surface area contributed by atoms with Gasteiger partial charge >= 0.3 is 0 Å². The zero-order valence-electron chi connectivity index (χ0n) is 14.0. The van der Waals surface area contributed by atoms with Gasteiger partial charge in [0.05, 0.1) is 12.8 Å². The van der Waals surface area contributed by atoms with Crippen molar-refractivity contribution >= 4 is 11.8 Å². The lowest BCUT2D eigenvalue weighted by molar-refractivity contribution is -0.126. The van der Waals surface area contributed by atoms with E-state index in [0.717, 1.165) is 5.75 Å². The highest BCUT2D eigenvalue weighted by Gasteiger charge is 2.28. The Hall–Kier alpha value is -2.76. The molecule has 132 valence electrons. The Labute approximate surface area is 146 Å². The summed E-state index contributed by atoms with van der Waals surface area (Å²) in [5.74, 6) is 1.00. The zero-order valence-corrected chi connectivity index (χ0v) is 14.0. The number of furan rings is 1. The molecule has 6 nitrogen and oxygen atoms in total. The number of rotatable bonds is 6. The van der Waals surface area contributed by atoms with E-state index < -0.39 is 0 Å². The molecule has 3 rings (SSSR count). The van der Waals surface area contributed by atoms with Crippen LogP contribution >= 0.6 is 0 Å². The van der Waals surface area contributed by atoms with Crippen LogP contribution in [-0.2, 0) is 4.79 Å². The third-order valence-corrected chi connectivity index (χ3v) is 4.30. The molecule has 25 heavy (non-hydrogen) atoms. The van der Waals surface area contributed by atoms with Gasteiger partial charge in [0.25, 0.3) is 5.91 Å². The SMILES string of the molecule is O=C(NCCOc1ccccc1)C1CCN(C(=O)c2ccco2)CC1. The van der Waals surface area contributed by atoms with Crippen LogP contribution < -0.4 is 10.1 Å². The topological polar surface area (TPSA) is 71.8 Å². The molecule has 2 aromatic rings. The lowest BCUT2D eigenvalue weighted by Gasteiger charge is -2.30. The largest absolute Gasteiger partial charge is 0.492 e. The van der Waals surface area contributed by atoms with Gasteiger partial charge in [-0.15, -0.1) is 0 Å². The van der Waals surface area contributed by atoms with Crippen molar-refractivity contribution in [2.75, 3.05) is 26.2 Å². The molecule has 2 amide bonds. The number of carbonyl (C=O) groups excluding carboxylic acids is 2. The van der Waals surface area contributed by atoms with Crippen LogP contribution in [0.25, 0.3) is 0 Å². The first-order chi connectivity index (χ1) is 12.2. The van der Waals surface area contributed by atoms with E-state index in [0.29, 0.717) is 44.8 Å². The van der Waals surface area contributed by atoms with Gasteiger partial charge < -0.3 is 19.4 Å². The van der Waals surface area contributed by atoms with Gasteiger partial charge in [-0.1, -0.05) is 18.2 Å². The fourth-order valence-corrected chi connectivity index (χ4v) is 2.91. The molecule has 0 unspecified atom stereocenters. The third-order valence-electron chi connectivity index (χ3n) is 4.30. The summed E-state index contributed by atoms with van der Waals surface area (Å²) in [4.78, 5) is 26.2. The first-order valence-corrected chi connectivity index (χ1v) is 8.52. The van der Waals surface area contributed by atoms with Gasteiger partial charge in [0.2, 0.25) is 5.91 Å².